The fourth-order valence-electron chi connectivity index (χ4n) is 2.01. The molecule has 0 saturated heterocycles. The molecule has 0 radical (unpaired) electrons. The van der Waals surface area contributed by atoms with Gasteiger partial charge in [0, 0.05) is 11.6 Å². The third-order valence-corrected chi connectivity index (χ3v) is 3.05. The van der Waals surface area contributed by atoms with E-state index < -0.39 is 11.8 Å². The quantitative estimate of drug-likeness (QED) is 0.793. The summed E-state index contributed by atoms with van der Waals surface area (Å²) in [6.07, 6.45) is 0. The van der Waals surface area contributed by atoms with Gasteiger partial charge in [-0.15, -0.1) is 0 Å². The highest BCUT2D eigenvalue weighted by Gasteiger charge is 2.13. The van der Waals surface area contributed by atoms with E-state index in [4.69, 9.17) is 9.63 Å². The van der Waals surface area contributed by atoms with Gasteiger partial charge >= 0.3 is 5.97 Å². The fraction of sp³-hybridized carbons (Fsp3) is 0. The number of aromatic nitrogens is 1. The molecule has 0 aliphatic rings. The van der Waals surface area contributed by atoms with Crippen LogP contribution >= 0.6 is 0 Å². The Kier molecular flexibility index (Phi) is 3.23. The molecule has 0 amide bonds. The van der Waals surface area contributed by atoms with E-state index >= 15 is 0 Å². The molecule has 0 aliphatic carbocycles. The maximum Gasteiger partial charge on any atom is 0.335 e. The van der Waals surface area contributed by atoms with Crippen LogP contribution in [-0.2, 0) is 0 Å². The van der Waals surface area contributed by atoms with Crippen LogP contribution in [0.5, 0.6) is 0 Å². The number of nitrogens with zero attached hydrogens (tertiary/aromatic N) is 1. The zero-order valence-corrected chi connectivity index (χ0v) is 10.8. The summed E-state index contributed by atoms with van der Waals surface area (Å²) in [7, 11) is 0. The van der Waals surface area contributed by atoms with Crippen LogP contribution in [0.25, 0.3) is 22.6 Å². The van der Waals surface area contributed by atoms with Crippen LogP contribution in [-0.4, -0.2) is 16.2 Å². The first-order valence-corrected chi connectivity index (χ1v) is 6.20. The summed E-state index contributed by atoms with van der Waals surface area (Å²) in [5.41, 5.74) is 1.52. The lowest BCUT2D eigenvalue weighted by molar-refractivity contribution is 0.0697. The van der Waals surface area contributed by atoms with E-state index in [1.54, 1.807) is 36.4 Å². The summed E-state index contributed by atoms with van der Waals surface area (Å²) >= 11 is 0. The van der Waals surface area contributed by atoms with Crippen molar-refractivity contribution in [3.05, 3.63) is 66.0 Å². The minimum Gasteiger partial charge on any atom is -0.478 e. The zero-order chi connectivity index (χ0) is 14.8. The molecule has 5 heteroatoms. The number of carbonyl (C=O) groups is 1. The smallest absolute Gasteiger partial charge is 0.335 e. The summed E-state index contributed by atoms with van der Waals surface area (Å²) in [6.45, 7) is 0. The van der Waals surface area contributed by atoms with Crippen molar-refractivity contribution in [2.75, 3.05) is 0 Å². The Balaban J connectivity index is 2.01. The number of rotatable bonds is 3. The Morgan fingerprint density at radius 2 is 1.90 bits per heavy atom. The highest BCUT2D eigenvalue weighted by atomic mass is 19.1. The molecule has 1 aromatic heterocycles. The van der Waals surface area contributed by atoms with Crippen LogP contribution in [0.1, 0.15) is 10.4 Å². The zero-order valence-electron chi connectivity index (χ0n) is 10.8. The van der Waals surface area contributed by atoms with Gasteiger partial charge in [-0.1, -0.05) is 29.4 Å². The summed E-state index contributed by atoms with van der Waals surface area (Å²) in [5, 5.41) is 12.9. The largest absolute Gasteiger partial charge is 0.478 e. The minimum atomic E-state index is -1.02. The van der Waals surface area contributed by atoms with E-state index in [9.17, 15) is 9.18 Å². The van der Waals surface area contributed by atoms with E-state index in [0.29, 0.717) is 22.6 Å². The molecule has 3 aromatic rings. The first kappa shape index (κ1) is 13.1. The lowest BCUT2D eigenvalue weighted by atomic mass is 10.1. The van der Waals surface area contributed by atoms with Crippen LogP contribution in [0.15, 0.2) is 59.1 Å². The van der Waals surface area contributed by atoms with Crippen LogP contribution in [0.4, 0.5) is 4.39 Å². The molecule has 2 aromatic carbocycles. The summed E-state index contributed by atoms with van der Waals surface area (Å²) in [5.74, 6) is -1.13. The van der Waals surface area contributed by atoms with Crippen molar-refractivity contribution >= 4 is 5.97 Å². The standard InChI is InChI=1S/C16H10FNO3/c17-13-7-2-1-6-12(13)15-9-14(18-21-15)10-4-3-5-11(8-10)16(19)20/h1-9H,(H,19,20). The summed E-state index contributed by atoms with van der Waals surface area (Å²) < 4.78 is 18.8. The van der Waals surface area contributed by atoms with Gasteiger partial charge < -0.3 is 9.63 Å². The molecule has 104 valence electrons. The van der Waals surface area contributed by atoms with Crippen molar-refractivity contribution < 1.29 is 18.8 Å². The van der Waals surface area contributed by atoms with Crippen LogP contribution in [0, 0.1) is 5.82 Å². The fourth-order valence-corrected chi connectivity index (χ4v) is 2.01. The van der Waals surface area contributed by atoms with E-state index in [-0.39, 0.29) is 5.56 Å². The Hall–Kier alpha value is -2.95. The predicted molar refractivity (Wildman–Crippen MR) is 74.3 cm³/mol. The molecule has 21 heavy (non-hydrogen) atoms. The lowest BCUT2D eigenvalue weighted by Gasteiger charge is -1.97. The average molecular weight is 283 g/mol. The lowest BCUT2D eigenvalue weighted by Crippen LogP contribution is -1.95. The predicted octanol–water partition coefficient (Wildman–Crippen LogP) is 3.85. The number of hydrogen-bond donors (Lipinski definition) is 1. The van der Waals surface area contributed by atoms with Gasteiger partial charge in [-0.3, -0.25) is 0 Å². The monoisotopic (exact) mass is 283 g/mol. The highest BCUT2D eigenvalue weighted by Crippen LogP contribution is 2.28. The van der Waals surface area contributed by atoms with E-state index in [1.165, 1.54) is 18.2 Å². The Bertz CT molecular complexity index is 811. The van der Waals surface area contributed by atoms with Gasteiger partial charge in [-0.05, 0) is 24.3 Å². The highest BCUT2D eigenvalue weighted by molar-refractivity contribution is 5.89. The van der Waals surface area contributed by atoms with Crippen molar-refractivity contribution in [1.82, 2.24) is 5.16 Å². The van der Waals surface area contributed by atoms with Crippen LogP contribution < -0.4 is 0 Å². The number of carboxylic acids is 1. The first-order chi connectivity index (χ1) is 10.1. The molecular weight excluding hydrogens is 273 g/mol. The average Bonchev–Trinajstić information content (AvgIpc) is 2.97. The first-order valence-electron chi connectivity index (χ1n) is 6.20. The van der Waals surface area contributed by atoms with Gasteiger partial charge in [0.25, 0.3) is 0 Å². The second-order valence-corrected chi connectivity index (χ2v) is 4.44. The Morgan fingerprint density at radius 1 is 1.10 bits per heavy atom. The summed E-state index contributed by atoms with van der Waals surface area (Å²) in [6, 6.07) is 14.1. The van der Waals surface area contributed by atoms with Crippen molar-refractivity contribution in [3.8, 4) is 22.6 Å². The third-order valence-electron chi connectivity index (χ3n) is 3.05. The van der Waals surface area contributed by atoms with Gasteiger partial charge in [-0.2, -0.15) is 0 Å². The third kappa shape index (κ3) is 2.53. The second kappa shape index (κ2) is 5.20. The molecule has 0 atom stereocenters. The molecule has 0 bridgehead atoms. The van der Waals surface area contributed by atoms with Crippen LogP contribution in [0.2, 0.25) is 0 Å². The van der Waals surface area contributed by atoms with E-state index in [2.05, 4.69) is 5.16 Å². The van der Waals surface area contributed by atoms with E-state index in [1.807, 2.05) is 0 Å². The summed E-state index contributed by atoms with van der Waals surface area (Å²) in [4.78, 5) is 11.0. The molecule has 1 heterocycles. The molecule has 4 nitrogen and oxygen atoms in total. The molecule has 0 unspecified atom stereocenters. The van der Waals surface area contributed by atoms with Gasteiger partial charge in [0.15, 0.2) is 5.76 Å². The van der Waals surface area contributed by atoms with Crippen molar-refractivity contribution in [3.63, 3.8) is 0 Å². The minimum absolute atomic E-state index is 0.156. The number of hydrogen-bond acceptors (Lipinski definition) is 3. The van der Waals surface area contributed by atoms with Gasteiger partial charge in [-0.25, -0.2) is 9.18 Å². The molecule has 3 rings (SSSR count). The SMILES string of the molecule is O=C(O)c1cccc(-c2cc(-c3ccccc3F)on2)c1. The maximum absolute atomic E-state index is 13.7. The number of carboxylic acid groups (broad SMARTS) is 1. The molecule has 0 saturated carbocycles. The van der Waals surface area contributed by atoms with Crippen molar-refractivity contribution in [2.45, 2.75) is 0 Å². The van der Waals surface area contributed by atoms with Gasteiger partial charge in [0.05, 0.1) is 11.1 Å². The topological polar surface area (TPSA) is 63.3 Å². The Labute approximate surface area is 119 Å². The molecule has 0 spiro atoms. The Morgan fingerprint density at radius 3 is 2.67 bits per heavy atom. The van der Waals surface area contributed by atoms with Gasteiger partial charge in [0.1, 0.15) is 11.5 Å². The molecule has 1 N–H and O–H groups in total. The van der Waals surface area contributed by atoms with Crippen molar-refractivity contribution in [2.24, 2.45) is 0 Å². The molecule has 0 aliphatic heterocycles. The van der Waals surface area contributed by atoms with Crippen molar-refractivity contribution in [1.29, 1.82) is 0 Å². The number of benzene rings is 2. The second-order valence-electron chi connectivity index (χ2n) is 4.44. The van der Waals surface area contributed by atoms with Gasteiger partial charge in [0.2, 0.25) is 0 Å². The maximum atomic E-state index is 13.7. The van der Waals surface area contributed by atoms with E-state index in [0.717, 1.165) is 0 Å². The number of aromatic carboxylic acids is 1. The normalized spacial score (nSPS) is 10.5. The molecule has 0 fully saturated rings. The van der Waals surface area contributed by atoms with Crippen LogP contribution in [0.3, 0.4) is 0 Å². The molecular formula is C16H10FNO3. The number of halogens is 1.